The van der Waals surface area contributed by atoms with E-state index in [4.69, 9.17) is 5.84 Å². The Balaban J connectivity index is 2.12. The maximum Gasteiger partial charge on any atom is 0.265 e. The average Bonchev–Trinajstić information content (AvgIpc) is 2.54. The van der Waals surface area contributed by atoms with Gasteiger partial charge in [0.1, 0.15) is 5.82 Å². The van der Waals surface area contributed by atoms with Crippen molar-refractivity contribution in [1.82, 2.24) is 10.4 Å². The van der Waals surface area contributed by atoms with Crippen molar-refractivity contribution in [2.45, 2.75) is 6.92 Å². The third-order valence-corrected chi connectivity index (χ3v) is 3.39. The number of hydrogen-bond donors (Lipinski definition) is 3. The molecule has 5 nitrogen and oxygen atoms in total. The van der Waals surface area contributed by atoms with Crippen LogP contribution in [0.4, 0.5) is 11.5 Å². The molecule has 0 fully saturated rings. The van der Waals surface area contributed by atoms with E-state index in [1.165, 1.54) is 0 Å². The summed E-state index contributed by atoms with van der Waals surface area (Å²) in [5.41, 5.74) is 5.39. The number of nitrogens with two attached hydrogens (primary N) is 1. The highest BCUT2D eigenvalue weighted by Crippen LogP contribution is 2.24. The van der Waals surface area contributed by atoms with Crippen LogP contribution in [-0.2, 0) is 0 Å². The number of fused-ring (bicyclic) bond motifs is 1. The molecule has 3 aromatic rings. The summed E-state index contributed by atoms with van der Waals surface area (Å²) in [6.07, 6.45) is 0. The number of anilines is 2. The van der Waals surface area contributed by atoms with E-state index in [2.05, 4.69) is 15.7 Å². The number of benzene rings is 2. The van der Waals surface area contributed by atoms with Crippen LogP contribution in [-0.4, -0.2) is 10.9 Å². The predicted molar refractivity (Wildman–Crippen MR) is 87.9 cm³/mol. The number of amides is 1. The van der Waals surface area contributed by atoms with Crippen LogP contribution < -0.4 is 16.6 Å². The van der Waals surface area contributed by atoms with Gasteiger partial charge in [0.2, 0.25) is 0 Å². The largest absolute Gasteiger partial charge is 0.340 e. The molecule has 0 aliphatic rings. The van der Waals surface area contributed by atoms with Gasteiger partial charge in [-0.2, -0.15) is 0 Å². The van der Waals surface area contributed by atoms with Gasteiger partial charge in [0.15, 0.2) is 0 Å². The van der Waals surface area contributed by atoms with Gasteiger partial charge in [-0.1, -0.05) is 29.8 Å². The second-order valence-electron chi connectivity index (χ2n) is 5.04. The zero-order valence-corrected chi connectivity index (χ0v) is 12.1. The predicted octanol–water partition coefficient (Wildman–Crippen LogP) is 2.89. The zero-order valence-electron chi connectivity index (χ0n) is 12.1. The molecule has 0 bridgehead atoms. The maximum atomic E-state index is 12.1. The number of carbonyl (C=O) groups is 1. The summed E-state index contributed by atoms with van der Waals surface area (Å²) in [6.45, 7) is 1.97. The second kappa shape index (κ2) is 5.83. The van der Waals surface area contributed by atoms with Gasteiger partial charge in [0.05, 0.1) is 11.1 Å². The van der Waals surface area contributed by atoms with Gasteiger partial charge in [0, 0.05) is 11.1 Å². The minimum absolute atomic E-state index is 0.339. The van der Waals surface area contributed by atoms with Crippen molar-refractivity contribution < 1.29 is 4.79 Å². The molecule has 0 spiro atoms. The summed E-state index contributed by atoms with van der Waals surface area (Å²) in [5.74, 6) is 5.55. The lowest BCUT2D eigenvalue weighted by Gasteiger charge is -2.11. The number of nitrogen functional groups attached to an aromatic ring is 1. The number of aryl methyl sites for hydroxylation is 1. The van der Waals surface area contributed by atoms with Crippen LogP contribution in [0, 0.1) is 6.92 Å². The van der Waals surface area contributed by atoms with Crippen LogP contribution in [0.15, 0.2) is 54.6 Å². The van der Waals surface area contributed by atoms with Gasteiger partial charge in [-0.05, 0) is 37.3 Å². The van der Waals surface area contributed by atoms with Crippen molar-refractivity contribution in [2.75, 3.05) is 5.32 Å². The molecule has 0 atom stereocenters. The quantitative estimate of drug-likeness (QED) is 0.394. The molecule has 22 heavy (non-hydrogen) atoms. The van der Waals surface area contributed by atoms with Crippen LogP contribution >= 0.6 is 0 Å². The molecule has 2 aromatic carbocycles. The summed E-state index contributed by atoms with van der Waals surface area (Å²) in [4.78, 5) is 16.6. The molecule has 4 N–H and O–H groups in total. The van der Waals surface area contributed by atoms with Crippen LogP contribution in [0.25, 0.3) is 10.9 Å². The minimum atomic E-state index is -0.339. The lowest BCUT2D eigenvalue weighted by Crippen LogP contribution is -2.30. The fourth-order valence-corrected chi connectivity index (χ4v) is 2.34. The van der Waals surface area contributed by atoms with Crippen LogP contribution in [0.5, 0.6) is 0 Å². The fraction of sp³-hybridized carbons (Fsp3) is 0.0588. The Labute approximate surface area is 128 Å². The number of pyridine rings is 1. The van der Waals surface area contributed by atoms with E-state index < -0.39 is 0 Å². The standard InChI is InChI=1S/C17H16N4O/c1-11-7-8-15-13(9-11)14(17(22)21-18)10-16(20-15)19-12-5-3-2-4-6-12/h2-10H,18H2,1H3,(H,19,20)(H,21,22). The topological polar surface area (TPSA) is 80.0 Å². The molecule has 0 aliphatic carbocycles. The van der Waals surface area contributed by atoms with Gasteiger partial charge in [-0.25, -0.2) is 10.8 Å². The van der Waals surface area contributed by atoms with Gasteiger partial charge >= 0.3 is 0 Å². The number of rotatable bonds is 3. The van der Waals surface area contributed by atoms with E-state index in [-0.39, 0.29) is 5.91 Å². The molecule has 1 amide bonds. The molecule has 3 rings (SSSR count). The molecule has 0 radical (unpaired) electrons. The van der Waals surface area contributed by atoms with Gasteiger partial charge in [-0.3, -0.25) is 10.2 Å². The molecule has 0 saturated heterocycles. The summed E-state index contributed by atoms with van der Waals surface area (Å²) in [6, 6.07) is 17.2. The fourth-order valence-electron chi connectivity index (χ4n) is 2.34. The van der Waals surface area contributed by atoms with Crippen LogP contribution in [0.2, 0.25) is 0 Å². The molecular formula is C17H16N4O. The first kappa shape index (κ1) is 14.0. The number of hydrazine groups is 1. The third kappa shape index (κ3) is 2.75. The van der Waals surface area contributed by atoms with Gasteiger partial charge in [0.25, 0.3) is 5.91 Å². The highest BCUT2D eigenvalue weighted by molar-refractivity contribution is 6.07. The Kier molecular flexibility index (Phi) is 3.72. The molecule has 0 unspecified atom stereocenters. The Morgan fingerprint density at radius 2 is 1.86 bits per heavy atom. The first-order valence-electron chi connectivity index (χ1n) is 6.92. The second-order valence-corrected chi connectivity index (χ2v) is 5.04. The monoisotopic (exact) mass is 292 g/mol. The lowest BCUT2D eigenvalue weighted by atomic mass is 10.1. The summed E-state index contributed by atoms with van der Waals surface area (Å²) in [5, 5.41) is 3.98. The summed E-state index contributed by atoms with van der Waals surface area (Å²) >= 11 is 0. The Hall–Kier alpha value is -2.92. The van der Waals surface area contributed by atoms with E-state index in [1.54, 1.807) is 6.07 Å². The van der Waals surface area contributed by atoms with E-state index in [0.29, 0.717) is 11.4 Å². The van der Waals surface area contributed by atoms with E-state index >= 15 is 0 Å². The van der Waals surface area contributed by atoms with Crippen LogP contribution in [0.3, 0.4) is 0 Å². The smallest absolute Gasteiger partial charge is 0.265 e. The summed E-state index contributed by atoms with van der Waals surface area (Å²) in [7, 11) is 0. The maximum absolute atomic E-state index is 12.1. The van der Waals surface area contributed by atoms with Crippen molar-refractivity contribution >= 4 is 28.3 Å². The summed E-state index contributed by atoms with van der Waals surface area (Å²) < 4.78 is 0. The normalized spacial score (nSPS) is 10.5. The van der Waals surface area contributed by atoms with Crippen molar-refractivity contribution in [3.63, 3.8) is 0 Å². The third-order valence-electron chi connectivity index (χ3n) is 3.39. The number of para-hydroxylation sites is 1. The number of hydrogen-bond acceptors (Lipinski definition) is 4. The molecule has 0 saturated carbocycles. The van der Waals surface area contributed by atoms with Gasteiger partial charge in [-0.15, -0.1) is 0 Å². The first-order valence-corrected chi connectivity index (χ1v) is 6.92. The van der Waals surface area contributed by atoms with Crippen molar-refractivity contribution in [2.24, 2.45) is 5.84 Å². The van der Waals surface area contributed by atoms with Crippen LogP contribution in [0.1, 0.15) is 15.9 Å². The Bertz CT molecular complexity index is 831. The average molecular weight is 292 g/mol. The Morgan fingerprint density at radius 1 is 1.09 bits per heavy atom. The van der Waals surface area contributed by atoms with Crippen molar-refractivity contribution in [3.8, 4) is 0 Å². The molecule has 0 aliphatic heterocycles. The Morgan fingerprint density at radius 3 is 2.59 bits per heavy atom. The highest BCUT2D eigenvalue weighted by atomic mass is 16.2. The van der Waals surface area contributed by atoms with Crippen molar-refractivity contribution in [1.29, 1.82) is 0 Å². The highest BCUT2D eigenvalue weighted by Gasteiger charge is 2.12. The molecule has 1 aromatic heterocycles. The number of aromatic nitrogens is 1. The van der Waals surface area contributed by atoms with E-state index in [0.717, 1.165) is 22.2 Å². The molecule has 1 heterocycles. The molecule has 110 valence electrons. The molecule has 5 heteroatoms. The molecular weight excluding hydrogens is 276 g/mol. The number of carbonyl (C=O) groups excluding carboxylic acids is 1. The minimum Gasteiger partial charge on any atom is -0.340 e. The number of nitrogens with zero attached hydrogens (tertiary/aromatic N) is 1. The number of nitrogens with one attached hydrogen (secondary N) is 2. The van der Waals surface area contributed by atoms with E-state index in [1.807, 2.05) is 55.5 Å². The van der Waals surface area contributed by atoms with Crippen molar-refractivity contribution in [3.05, 3.63) is 65.7 Å². The first-order chi connectivity index (χ1) is 10.7. The zero-order chi connectivity index (χ0) is 15.5. The SMILES string of the molecule is Cc1ccc2nc(Nc3ccccc3)cc(C(=O)NN)c2c1. The van der Waals surface area contributed by atoms with E-state index in [9.17, 15) is 4.79 Å². The van der Waals surface area contributed by atoms with Gasteiger partial charge < -0.3 is 5.32 Å². The lowest BCUT2D eigenvalue weighted by molar-refractivity contribution is 0.0955.